The summed E-state index contributed by atoms with van der Waals surface area (Å²) in [7, 11) is 0. The average Bonchev–Trinajstić information content (AvgIpc) is 2.29. The molecule has 1 aliphatic rings. The van der Waals surface area contributed by atoms with Gasteiger partial charge in [0.05, 0.1) is 0 Å². The molecule has 0 aliphatic carbocycles. The largest absolute Gasteiger partial charge is 0.296 e. The number of nitrogens with zero attached hydrogens (tertiary/aromatic N) is 1. The molecule has 0 spiro atoms. The summed E-state index contributed by atoms with van der Waals surface area (Å²) in [5.74, 6) is -0.0955. The van der Waals surface area contributed by atoms with Crippen LogP contribution in [0.3, 0.4) is 0 Å². The van der Waals surface area contributed by atoms with E-state index in [9.17, 15) is 4.39 Å². The van der Waals surface area contributed by atoms with E-state index in [1.54, 1.807) is 6.07 Å². The van der Waals surface area contributed by atoms with Gasteiger partial charge in [-0.1, -0.05) is 18.2 Å². The molecule has 0 aromatic heterocycles. The minimum Gasteiger partial charge on any atom is -0.296 e. The number of hydrogen-bond donors (Lipinski definition) is 0. The first-order chi connectivity index (χ1) is 8.08. The smallest absolute Gasteiger partial charge is 0.131 e. The SMILES string of the molecule is Cc1ccc(C2=CCCN(C(C)C)C2)c(F)c1. The summed E-state index contributed by atoms with van der Waals surface area (Å²) >= 11 is 0. The topological polar surface area (TPSA) is 3.24 Å². The maximum Gasteiger partial charge on any atom is 0.131 e. The summed E-state index contributed by atoms with van der Waals surface area (Å²) in [6, 6.07) is 6.02. The van der Waals surface area contributed by atoms with Gasteiger partial charge in [-0.3, -0.25) is 4.90 Å². The molecule has 1 heterocycles. The van der Waals surface area contributed by atoms with Crippen LogP contribution in [0.15, 0.2) is 24.3 Å². The molecule has 1 aromatic carbocycles. The van der Waals surface area contributed by atoms with E-state index in [-0.39, 0.29) is 5.82 Å². The molecule has 1 nitrogen and oxygen atoms in total. The maximum atomic E-state index is 13.9. The summed E-state index contributed by atoms with van der Waals surface area (Å²) in [6.45, 7) is 8.23. The molecule has 0 unspecified atom stereocenters. The molecule has 0 radical (unpaired) electrons. The van der Waals surface area contributed by atoms with Crippen LogP contribution in [0, 0.1) is 12.7 Å². The van der Waals surface area contributed by atoms with E-state index in [1.165, 1.54) is 0 Å². The van der Waals surface area contributed by atoms with Gasteiger partial charge in [0.2, 0.25) is 0 Å². The van der Waals surface area contributed by atoms with Crippen LogP contribution in [-0.2, 0) is 0 Å². The van der Waals surface area contributed by atoms with Crippen molar-refractivity contribution in [1.82, 2.24) is 4.90 Å². The van der Waals surface area contributed by atoms with Gasteiger partial charge in [-0.05, 0) is 44.4 Å². The molecule has 2 rings (SSSR count). The molecule has 0 bridgehead atoms. The van der Waals surface area contributed by atoms with Crippen LogP contribution < -0.4 is 0 Å². The van der Waals surface area contributed by atoms with Crippen molar-refractivity contribution in [3.8, 4) is 0 Å². The second-order valence-corrected chi connectivity index (χ2v) is 5.07. The van der Waals surface area contributed by atoms with E-state index in [0.29, 0.717) is 6.04 Å². The Morgan fingerprint density at radius 2 is 2.06 bits per heavy atom. The molecule has 0 N–H and O–H groups in total. The summed E-state index contributed by atoms with van der Waals surface area (Å²) in [5, 5.41) is 0. The third kappa shape index (κ3) is 2.75. The molecule has 0 fully saturated rings. The maximum absolute atomic E-state index is 13.9. The quantitative estimate of drug-likeness (QED) is 0.754. The molecule has 0 saturated heterocycles. The minimum absolute atomic E-state index is 0.0955. The second kappa shape index (κ2) is 5.01. The number of rotatable bonds is 2. The fourth-order valence-electron chi connectivity index (χ4n) is 2.28. The highest BCUT2D eigenvalue weighted by Gasteiger charge is 2.18. The fourth-order valence-corrected chi connectivity index (χ4v) is 2.28. The number of halogens is 1. The molecule has 0 saturated carbocycles. The van der Waals surface area contributed by atoms with Crippen LogP contribution in [0.4, 0.5) is 4.39 Å². The van der Waals surface area contributed by atoms with Crippen molar-refractivity contribution in [2.24, 2.45) is 0 Å². The third-order valence-electron chi connectivity index (χ3n) is 3.38. The van der Waals surface area contributed by atoms with E-state index < -0.39 is 0 Å². The van der Waals surface area contributed by atoms with E-state index in [2.05, 4.69) is 24.8 Å². The Kier molecular flexibility index (Phi) is 3.63. The van der Waals surface area contributed by atoms with Gasteiger partial charge in [0.25, 0.3) is 0 Å². The van der Waals surface area contributed by atoms with Crippen molar-refractivity contribution in [3.63, 3.8) is 0 Å². The molecule has 0 atom stereocenters. The Hall–Kier alpha value is -1.15. The van der Waals surface area contributed by atoms with Crippen LogP contribution >= 0.6 is 0 Å². The normalized spacial score (nSPS) is 17.4. The summed E-state index contributed by atoms with van der Waals surface area (Å²) in [5.41, 5.74) is 2.87. The average molecular weight is 233 g/mol. The van der Waals surface area contributed by atoms with Crippen LogP contribution in [0.5, 0.6) is 0 Å². The molecule has 1 aliphatic heterocycles. The van der Waals surface area contributed by atoms with Crippen LogP contribution in [0.2, 0.25) is 0 Å². The second-order valence-electron chi connectivity index (χ2n) is 5.07. The molecule has 2 heteroatoms. The van der Waals surface area contributed by atoms with E-state index in [1.807, 2.05) is 19.1 Å². The zero-order valence-electron chi connectivity index (χ0n) is 10.8. The van der Waals surface area contributed by atoms with Gasteiger partial charge in [0.15, 0.2) is 0 Å². The van der Waals surface area contributed by atoms with E-state index >= 15 is 0 Å². The number of hydrogen-bond acceptors (Lipinski definition) is 1. The van der Waals surface area contributed by atoms with Crippen LogP contribution in [0.1, 0.15) is 31.4 Å². The molecule has 0 amide bonds. The molecular formula is C15H20FN. The van der Waals surface area contributed by atoms with Crippen molar-refractivity contribution >= 4 is 5.57 Å². The number of benzene rings is 1. The zero-order chi connectivity index (χ0) is 12.4. The Labute approximate surface area is 103 Å². The highest BCUT2D eigenvalue weighted by Crippen LogP contribution is 2.24. The lowest BCUT2D eigenvalue weighted by molar-refractivity contribution is 0.247. The van der Waals surface area contributed by atoms with E-state index in [0.717, 1.165) is 36.2 Å². The molecular weight excluding hydrogens is 213 g/mol. The van der Waals surface area contributed by atoms with Gasteiger partial charge in [-0.15, -0.1) is 0 Å². The summed E-state index contributed by atoms with van der Waals surface area (Å²) < 4.78 is 13.9. The summed E-state index contributed by atoms with van der Waals surface area (Å²) in [4.78, 5) is 2.38. The minimum atomic E-state index is -0.0955. The lowest BCUT2D eigenvalue weighted by atomic mass is 9.99. The van der Waals surface area contributed by atoms with Crippen molar-refractivity contribution in [2.45, 2.75) is 33.2 Å². The van der Waals surface area contributed by atoms with Crippen LogP contribution in [-0.4, -0.2) is 24.0 Å². The Balaban J connectivity index is 2.25. The van der Waals surface area contributed by atoms with Crippen molar-refractivity contribution < 1.29 is 4.39 Å². The molecule has 92 valence electrons. The highest BCUT2D eigenvalue weighted by molar-refractivity contribution is 5.68. The fraction of sp³-hybridized carbons (Fsp3) is 0.467. The zero-order valence-corrected chi connectivity index (χ0v) is 10.8. The first kappa shape index (κ1) is 12.3. The number of aryl methyl sites for hydroxylation is 1. The predicted octanol–water partition coefficient (Wildman–Crippen LogP) is 3.63. The van der Waals surface area contributed by atoms with Gasteiger partial charge >= 0.3 is 0 Å². The Morgan fingerprint density at radius 1 is 1.29 bits per heavy atom. The Bertz CT molecular complexity index is 435. The molecule has 17 heavy (non-hydrogen) atoms. The lowest BCUT2D eigenvalue weighted by Crippen LogP contribution is -2.35. The Morgan fingerprint density at radius 3 is 2.71 bits per heavy atom. The van der Waals surface area contributed by atoms with Crippen molar-refractivity contribution in [2.75, 3.05) is 13.1 Å². The lowest BCUT2D eigenvalue weighted by Gasteiger charge is -2.30. The van der Waals surface area contributed by atoms with Crippen molar-refractivity contribution in [1.29, 1.82) is 0 Å². The van der Waals surface area contributed by atoms with Crippen molar-refractivity contribution in [3.05, 3.63) is 41.2 Å². The first-order valence-electron chi connectivity index (χ1n) is 6.27. The molecule has 1 aromatic rings. The van der Waals surface area contributed by atoms with Gasteiger partial charge < -0.3 is 0 Å². The van der Waals surface area contributed by atoms with Gasteiger partial charge in [0.1, 0.15) is 5.82 Å². The predicted molar refractivity (Wildman–Crippen MR) is 70.4 cm³/mol. The monoisotopic (exact) mass is 233 g/mol. The van der Waals surface area contributed by atoms with Gasteiger partial charge in [0, 0.05) is 24.7 Å². The standard InChI is InChI=1S/C15H20FN/c1-11(2)17-8-4-5-13(10-17)14-7-6-12(3)9-15(14)16/h5-7,9,11H,4,8,10H2,1-3H3. The first-order valence-corrected chi connectivity index (χ1v) is 6.27. The highest BCUT2D eigenvalue weighted by atomic mass is 19.1. The van der Waals surface area contributed by atoms with E-state index in [4.69, 9.17) is 0 Å². The van der Waals surface area contributed by atoms with Gasteiger partial charge in [-0.25, -0.2) is 4.39 Å². The van der Waals surface area contributed by atoms with Gasteiger partial charge in [-0.2, -0.15) is 0 Å². The summed E-state index contributed by atoms with van der Waals surface area (Å²) in [6.07, 6.45) is 3.19. The third-order valence-corrected chi connectivity index (χ3v) is 3.38. The van der Waals surface area contributed by atoms with Crippen LogP contribution in [0.25, 0.3) is 5.57 Å².